The predicted molar refractivity (Wildman–Crippen MR) is 116 cm³/mol. The zero-order valence-corrected chi connectivity index (χ0v) is 17.5. The lowest BCUT2D eigenvalue weighted by molar-refractivity contribution is -0.123. The van der Waals surface area contributed by atoms with Gasteiger partial charge in [-0.2, -0.15) is 4.52 Å². The van der Waals surface area contributed by atoms with Gasteiger partial charge in [0.05, 0.1) is 6.54 Å². The molecule has 1 N–H and O–H groups in total. The molecule has 4 aromatic rings. The van der Waals surface area contributed by atoms with Gasteiger partial charge in [-0.15, -0.1) is 15.3 Å². The molecular weight excluding hydrogens is 413 g/mol. The number of hydrogen-bond donors (Lipinski definition) is 1. The van der Waals surface area contributed by atoms with Crippen LogP contribution >= 0.6 is 0 Å². The number of carbonyl (C=O) groups is 1. The van der Waals surface area contributed by atoms with Gasteiger partial charge >= 0.3 is 0 Å². The molecule has 2 aromatic heterocycles. The number of aryl methyl sites for hydroxylation is 1. The van der Waals surface area contributed by atoms with E-state index in [4.69, 9.17) is 9.47 Å². The molecule has 8 nitrogen and oxygen atoms in total. The van der Waals surface area contributed by atoms with Crippen LogP contribution in [0.4, 0.5) is 4.39 Å². The predicted octanol–water partition coefficient (Wildman–Crippen LogP) is 3.07. The molecule has 2 aromatic carbocycles. The molecule has 0 bridgehead atoms. The fourth-order valence-electron chi connectivity index (χ4n) is 3.02. The van der Waals surface area contributed by atoms with Crippen molar-refractivity contribution < 1.29 is 18.7 Å². The van der Waals surface area contributed by atoms with Crippen molar-refractivity contribution in [1.29, 1.82) is 0 Å². The zero-order chi connectivity index (χ0) is 22.3. The van der Waals surface area contributed by atoms with Crippen LogP contribution in [0.2, 0.25) is 0 Å². The average Bonchev–Trinajstić information content (AvgIpc) is 3.24. The van der Waals surface area contributed by atoms with Crippen LogP contribution in [0.3, 0.4) is 0 Å². The fourth-order valence-corrected chi connectivity index (χ4v) is 3.02. The van der Waals surface area contributed by atoms with Gasteiger partial charge in [0.2, 0.25) is 5.88 Å². The molecule has 164 valence electrons. The van der Waals surface area contributed by atoms with Crippen LogP contribution in [0.1, 0.15) is 12.5 Å². The number of aromatic nitrogens is 4. The summed E-state index contributed by atoms with van der Waals surface area (Å²) >= 11 is 0. The van der Waals surface area contributed by atoms with Crippen LogP contribution in [0.5, 0.6) is 11.6 Å². The number of halogens is 1. The summed E-state index contributed by atoms with van der Waals surface area (Å²) in [5.74, 6) is 0.765. The largest absolute Gasteiger partial charge is 0.484 e. The summed E-state index contributed by atoms with van der Waals surface area (Å²) in [5, 5.41) is 15.2. The van der Waals surface area contributed by atoms with Crippen molar-refractivity contribution in [2.45, 2.75) is 13.3 Å². The lowest BCUT2D eigenvalue weighted by Crippen LogP contribution is -2.32. The molecule has 0 radical (unpaired) electrons. The first kappa shape index (κ1) is 21.2. The van der Waals surface area contributed by atoms with Gasteiger partial charge in [0.15, 0.2) is 18.1 Å². The summed E-state index contributed by atoms with van der Waals surface area (Å²) in [6.07, 6.45) is 0.950. The minimum Gasteiger partial charge on any atom is -0.484 e. The summed E-state index contributed by atoms with van der Waals surface area (Å²) in [7, 11) is 0. The highest BCUT2D eigenvalue weighted by molar-refractivity contribution is 5.77. The number of ether oxygens (including phenoxy) is 2. The van der Waals surface area contributed by atoms with Crippen LogP contribution in [-0.2, 0) is 11.2 Å². The molecule has 0 aliphatic carbocycles. The van der Waals surface area contributed by atoms with E-state index in [0.29, 0.717) is 28.7 Å². The maximum absolute atomic E-state index is 13.5. The molecule has 0 fully saturated rings. The van der Waals surface area contributed by atoms with Crippen molar-refractivity contribution in [1.82, 2.24) is 25.1 Å². The summed E-state index contributed by atoms with van der Waals surface area (Å²) in [6.45, 7) is 2.50. The summed E-state index contributed by atoms with van der Waals surface area (Å²) in [4.78, 5) is 12.0. The number of nitrogens with one attached hydrogen (secondary N) is 1. The Kier molecular flexibility index (Phi) is 6.54. The third-order valence-corrected chi connectivity index (χ3v) is 4.70. The molecule has 0 atom stereocenters. The molecule has 0 unspecified atom stereocenters. The maximum Gasteiger partial charge on any atom is 0.258 e. The minimum absolute atomic E-state index is 0.0760. The van der Waals surface area contributed by atoms with Gasteiger partial charge < -0.3 is 14.8 Å². The first-order valence-corrected chi connectivity index (χ1v) is 10.2. The second kappa shape index (κ2) is 9.86. The monoisotopic (exact) mass is 435 g/mol. The van der Waals surface area contributed by atoms with Crippen LogP contribution in [0.25, 0.3) is 17.0 Å². The molecule has 9 heteroatoms. The van der Waals surface area contributed by atoms with Gasteiger partial charge in [0.1, 0.15) is 18.2 Å². The van der Waals surface area contributed by atoms with Crippen molar-refractivity contribution in [3.63, 3.8) is 0 Å². The van der Waals surface area contributed by atoms with Gasteiger partial charge in [-0.05, 0) is 42.3 Å². The third kappa shape index (κ3) is 5.18. The quantitative estimate of drug-likeness (QED) is 0.407. The first-order chi connectivity index (χ1) is 15.6. The molecule has 0 aliphatic heterocycles. The lowest BCUT2D eigenvalue weighted by Gasteiger charge is -2.09. The Balaban J connectivity index is 1.27. The van der Waals surface area contributed by atoms with E-state index in [9.17, 15) is 9.18 Å². The van der Waals surface area contributed by atoms with Gasteiger partial charge in [-0.1, -0.05) is 31.2 Å². The molecule has 0 saturated carbocycles. The van der Waals surface area contributed by atoms with Gasteiger partial charge in [-0.3, -0.25) is 4.79 Å². The molecule has 0 spiro atoms. The van der Waals surface area contributed by atoms with Crippen molar-refractivity contribution in [2.75, 3.05) is 19.8 Å². The smallest absolute Gasteiger partial charge is 0.258 e. The van der Waals surface area contributed by atoms with Gasteiger partial charge in [-0.25, -0.2) is 4.39 Å². The number of nitrogens with zero attached hydrogens (tertiary/aromatic N) is 4. The van der Waals surface area contributed by atoms with E-state index in [1.807, 2.05) is 24.3 Å². The van der Waals surface area contributed by atoms with Crippen molar-refractivity contribution in [3.8, 4) is 23.0 Å². The zero-order valence-electron chi connectivity index (χ0n) is 17.5. The van der Waals surface area contributed by atoms with Crippen LogP contribution < -0.4 is 14.8 Å². The van der Waals surface area contributed by atoms with E-state index in [-0.39, 0.29) is 31.5 Å². The minimum atomic E-state index is -0.371. The Morgan fingerprint density at radius 1 is 1.06 bits per heavy atom. The van der Waals surface area contributed by atoms with E-state index in [1.165, 1.54) is 22.2 Å². The average molecular weight is 435 g/mol. The summed E-state index contributed by atoms with van der Waals surface area (Å²) < 4.78 is 26.1. The van der Waals surface area contributed by atoms with E-state index < -0.39 is 0 Å². The second-order valence-corrected chi connectivity index (χ2v) is 6.96. The summed E-state index contributed by atoms with van der Waals surface area (Å²) in [5.41, 5.74) is 2.27. The molecule has 0 aliphatic rings. The molecular formula is C23H22FN5O3. The van der Waals surface area contributed by atoms with Gasteiger partial charge in [0, 0.05) is 11.6 Å². The Morgan fingerprint density at radius 2 is 1.91 bits per heavy atom. The fraction of sp³-hybridized carbons (Fsp3) is 0.217. The van der Waals surface area contributed by atoms with Crippen molar-refractivity contribution >= 4 is 11.6 Å². The number of benzene rings is 2. The van der Waals surface area contributed by atoms with E-state index in [1.54, 1.807) is 24.3 Å². The SMILES string of the molecule is CCc1ccc(OCC(=O)NCCOc2ccc3nnc(-c4cccc(F)c4)n3n2)cc1. The van der Waals surface area contributed by atoms with Crippen LogP contribution in [-0.4, -0.2) is 45.5 Å². The molecule has 1 amide bonds. The number of hydrogen-bond acceptors (Lipinski definition) is 6. The van der Waals surface area contributed by atoms with Crippen LogP contribution in [0.15, 0.2) is 60.7 Å². The number of rotatable bonds is 9. The van der Waals surface area contributed by atoms with Gasteiger partial charge in [0.25, 0.3) is 5.91 Å². The third-order valence-electron chi connectivity index (χ3n) is 4.70. The first-order valence-electron chi connectivity index (χ1n) is 10.2. The number of carbonyl (C=O) groups excluding carboxylic acids is 1. The Labute approximate surface area is 184 Å². The highest BCUT2D eigenvalue weighted by Gasteiger charge is 2.11. The van der Waals surface area contributed by atoms with Crippen LogP contribution in [0, 0.1) is 5.82 Å². The number of fused-ring (bicyclic) bond motifs is 1. The van der Waals surface area contributed by atoms with E-state index in [2.05, 4.69) is 27.5 Å². The molecule has 32 heavy (non-hydrogen) atoms. The Hall–Kier alpha value is -4.01. The highest BCUT2D eigenvalue weighted by Crippen LogP contribution is 2.19. The standard InChI is InChI=1S/C23H22FN5O3/c1-2-16-6-8-19(9-7-16)32-15-21(30)25-12-13-31-22-11-10-20-26-27-23(29(20)28-22)17-4-3-5-18(24)14-17/h3-11,14H,2,12-13,15H2,1H3,(H,25,30). The molecule has 0 saturated heterocycles. The topological polar surface area (TPSA) is 90.6 Å². The molecule has 2 heterocycles. The Morgan fingerprint density at radius 3 is 2.69 bits per heavy atom. The van der Waals surface area contributed by atoms with E-state index >= 15 is 0 Å². The maximum atomic E-state index is 13.5. The van der Waals surface area contributed by atoms with Crippen molar-refractivity contribution in [3.05, 3.63) is 72.0 Å². The lowest BCUT2D eigenvalue weighted by atomic mass is 10.2. The van der Waals surface area contributed by atoms with E-state index in [0.717, 1.165) is 6.42 Å². The normalized spacial score (nSPS) is 10.8. The van der Waals surface area contributed by atoms with Crippen molar-refractivity contribution in [2.24, 2.45) is 0 Å². The highest BCUT2D eigenvalue weighted by atomic mass is 19.1. The molecule has 4 rings (SSSR count). The second-order valence-electron chi connectivity index (χ2n) is 6.96. The summed E-state index contributed by atoms with van der Waals surface area (Å²) in [6, 6.07) is 17.0. The number of amides is 1. The Bertz CT molecular complexity index is 1210.